The van der Waals surface area contributed by atoms with Gasteiger partial charge >= 0.3 is 0 Å². The Morgan fingerprint density at radius 3 is 2.85 bits per heavy atom. The van der Waals surface area contributed by atoms with Gasteiger partial charge in [0.2, 0.25) is 11.9 Å². The third kappa shape index (κ3) is 2.41. The molecule has 0 unspecified atom stereocenters. The highest BCUT2D eigenvalue weighted by molar-refractivity contribution is 5.93. The number of anilines is 1. The summed E-state index contributed by atoms with van der Waals surface area (Å²) in [5.74, 6) is 1.28. The van der Waals surface area contributed by atoms with E-state index in [4.69, 9.17) is 0 Å². The zero-order chi connectivity index (χ0) is 14.2. The van der Waals surface area contributed by atoms with Crippen molar-refractivity contribution < 1.29 is 4.79 Å². The summed E-state index contributed by atoms with van der Waals surface area (Å²) in [5, 5.41) is 9.58. The normalized spacial score (nSPS) is 15.1. The van der Waals surface area contributed by atoms with Crippen LogP contribution >= 0.6 is 0 Å². The van der Waals surface area contributed by atoms with E-state index in [1.54, 1.807) is 6.20 Å². The van der Waals surface area contributed by atoms with Gasteiger partial charge < -0.3 is 0 Å². The highest BCUT2D eigenvalue weighted by Gasteiger charge is 2.43. The zero-order valence-electron chi connectivity index (χ0n) is 11.6. The number of rotatable bonds is 4. The summed E-state index contributed by atoms with van der Waals surface area (Å²) in [4.78, 5) is 20.7. The number of amides is 1. The van der Waals surface area contributed by atoms with Crippen molar-refractivity contribution in [3.63, 3.8) is 0 Å². The van der Waals surface area contributed by atoms with Crippen LogP contribution in [-0.4, -0.2) is 26.1 Å². The van der Waals surface area contributed by atoms with Gasteiger partial charge in [0.1, 0.15) is 5.69 Å². The van der Waals surface area contributed by atoms with E-state index >= 15 is 0 Å². The van der Waals surface area contributed by atoms with Crippen molar-refractivity contribution in [1.82, 2.24) is 20.2 Å². The fourth-order valence-corrected chi connectivity index (χ4v) is 2.19. The van der Waals surface area contributed by atoms with E-state index in [-0.39, 0.29) is 11.3 Å². The second-order valence-electron chi connectivity index (χ2n) is 5.67. The number of aromatic nitrogens is 4. The van der Waals surface area contributed by atoms with Crippen molar-refractivity contribution >= 4 is 11.9 Å². The second kappa shape index (κ2) is 4.70. The van der Waals surface area contributed by atoms with Gasteiger partial charge in [0, 0.05) is 11.6 Å². The monoisotopic (exact) mass is 271 g/mol. The Kier molecular flexibility index (Phi) is 3.00. The van der Waals surface area contributed by atoms with Crippen LogP contribution in [0.3, 0.4) is 0 Å². The number of nitrogens with one attached hydrogen (secondary N) is 2. The van der Waals surface area contributed by atoms with Gasteiger partial charge in [-0.15, -0.1) is 5.10 Å². The van der Waals surface area contributed by atoms with Crippen LogP contribution in [-0.2, 0) is 4.79 Å². The molecular formula is C14H17N5O. The molecule has 6 nitrogen and oxygen atoms in total. The molecule has 1 saturated carbocycles. The first kappa shape index (κ1) is 12.8. The van der Waals surface area contributed by atoms with E-state index in [1.165, 1.54) is 0 Å². The lowest BCUT2D eigenvalue weighted by molar-refractivity contribution is -0.125. The van der Waals surface area contributed by atoms with Gasteiger partial charge in [0.25, 0.3) is 0 Å². The molecule has 104 valence electrons. The zero-order valence-corrected chi connectivity index (χ0v) is 11.6. The minimum absolute atomic E-state index is 0.0356. The average molecular weight is 271 g/mol. The van der Waals surface area contributed by atoms with Gasteiger partial charge in [0.15, 0.2) is 5.82 Å². The van der Waals surface area contributed by atoms with Crippen LogP contribution in [0, 0.1) is 11.3 Å². The number of pyridine rings is 1. The summed E-state index contributed by atoms with van der Waals surface area (Å²) >= 11 is 0. The molecule has 1 aliphatic rings. The molecular weight excluding hydrogens is 254 g/mol. The summed E-state index contributed by atoms with van der Waals surface area (Å²) < 4.78 is 0. The number of carbonyl (C=O) groups excluding carboxylic acids is 1. The molecule has 0 saturated heterocycles. The molecule has 3 rings (SSSR count). The molecule has 0 aliphatic heterocycles. The quantitative estimate of drug-likeness (QED) is 0.893. The molecule has 2 N–H and O–H groups in total. The maximum atomic E-state index is 12.2. The maximum absolute atomic E-state index is 12.2. The second-order valence-corrected chi connectivity index (χ2v) is 5.67. The molecule has 20 heavy (non-hydrogen) atoms. The summed E-state index contributed by atoms with van der Waals surface area (Å²) in [6.45, 7) is 3.93. The Hall–Kier alpha value is -2.24. The van der Waals surface area contributed by atoms with Gasteiger partial charge in [0.05, 0.1) is 0 Å². The van der Waals surface area contributed by atoms with Crippen molar-refractivity contribution in [2.24, 2.45) is 11.3 Å². The first-order valence-corrected chi connectivity index (χ1v) is 6.72. The summed E-state index contributed by atoms with van der Waals surface area (Å²) in [6.07, 6.45) is 3.92. The van der Waals surface area contributed by atoms with Crippen molar-refractivity contribution in [1.29, 1.82) is 0 Å². The Labute approximate surface area is 117 Å². The van der Waals surface area contributed by atoms with Crippen LogP contribution in [0.1, 0.15) is 26.7 Å². The predicted molar refractivity (Wildman–Crippen MR) is 74.7 cm³/mol. The van der Waals surface area contributed by atoms with Gasteiger partial charge in [-0.3, -0.25) is 20.2 Å². The third-order valence-corrected chi connectivity index (χ3v) is 3.80. The summed E-state index contributed by atoms with van der Waals surface area (Å²) in [5.41, 5.74) is 0.327. The van der Waals surface area contributed by atoms with Gasteiger partial charge in [-0.1, -0.05) is 19.9 Å². The maximum Gasteiger partial charge on any atom is 0.249 e. The predicted octanol–water partition coefficient (Wildman–Crippen LogP) is 2.24. The molecule has 0 aromatic carbocycles. The van der Waals surface area contributed by atoms with Crippen molar-refractivity contribution in [2.75, 3.05) is 5.32 Å². The summed E-state index contributed by atoms with van der Waals surface area (Å²) in [6, 6.07) is 5.54. The smallest absolute Gasteiger partial charge is 0.249 e. The molecule has 2 aromatic heterocycles. The Bertz CT molecular complexity index is 616. The van der Waals surface area contributed by atoms with E-state index < -0.39 is 0 Å². The molecule has 6 heteroatoms. The standard InChI is InChI=1S/C14H17N5O/c1-14(2,9-6-7-9)12(20)17-13-16-11(18-19-13)10-5-3-4-8-15-10/h3-5,8-9H,6-7H2,1-2H3,(H2,16,17,18,19,20). The van der Waals surface area contributed by atoms with Crippen LogP contribution in [0.25, 0.3) is 11.5 Å². The first-order valence-electron chi connectivity index (χ1n) is 6.72. The van der Waals surface area contributed by atoms with Gasteiger partial charge in [-0.05, 0) is 30.9 Å². The molecule has 1 aliphatic carbocycles. The number of hydrogen-bond acceptors (Lipinski definition) is 4. The third-order valence-electron chi connectivity index (χ3n) is 3.80. The molecule has 1 amide bonds. The molecule has 1 fully saturated rings. The number of hydrogen-bond donors (Lipinski definition) is 2. The van der Waals surface area contributed by atoms with E-state index in [0.29, 0.717) is 23.4 Å². The fourth-order valence-electron chi connectivity index (χ4n) is 2.19. The van der Waals surface area contributed by atoms with E-state index in [1.807, 2.05) is 32.0 Å². The van der Waals surface area contributed by atoms with Crippen LogP contribution in [0.5, 0.6) is 0 Å². The van der Waals surface area contributed by atoms with Crippen LogP contribution < -0.4 is 5.32 Å². The van der Waals surface area contributed by atoms with E-state index in [0.717, 1.165) is 12.8 Å². The molecule has 2 aromatic rings. The lowest BCUT2D eigenvalue weighted by atomic mass is 9.86. The van der Waals surface area contributed by atoms with Crippen molar-refractivity contribution in [2.45, 2.75) is 26.7 Å². The topological polar surface area (TPSA) is 83.6 Å². The lowest BCUT2D eigenvalue weighted by Crippen LogP contribution is -2.32. The fraction of sp³-hybridized carbons (Fsp3) is 0.429. The SMILES string of the molecule is CC(C)(C(=O)Nc1n[nH]c(-c2ccccn2)n1)C1CC1. The van der Waals surface area contributed by atoms with Gasteiger partial charge in [-0.2, -0.15) is 4.98 Å². The Morgan fingerprint density at radius 1 is 1.40 bits per heavy atom. The highest BCUT2D eigenvalue weighted by Crippen LogP contribution is 2.45. The van der Waals surface area contributed by atoms with Crippen molar-refractivity contribution in [3.8, 4) is 11.5 Å². The van der Waals surface area contributed by atoms with Crippen LogP contribution in [0.15, 0.2) is 24.4 Å². The molecule has 0 atom stereocenters. The Balaban J connectivity index is 1.73. The highest BCUT2D eigenvalue weighted by atomic mass is 16.2. The van der Waals surface area contributed by atoms with E-state index in [9.17, 15) is 4.79 Å². The molecule has 2 heterocycles. The van der Waals surface area contributed by atoms with Crippen molar-refractivity contribution in [3.05, 3.63) is 24.4 Å². The molecule has 0 radical (unpaired) electrons. The number of nitrogens with zero attached hydrogens (tertiary/aromatic N) is 3. The number of carbonyl (C=O) groups is 1. The van der Waals surface area contributed by atoms with Crippen LogP contribution in [0.4, 0.5) is 5.95 Å². The number of aromatic amines is 1. The van der Waals surface area contributed by atoms with E-state index in [2.05, 4.69) is 25.5 Å². The summed E-state index contributed by atoms with van der Waals surface area (Å²) in [7, 11) is 0. The Morgan fingerprint density at radius 2 is 2.20 bits per heavy atom. The first-order chi connectivity index (χ1) is 9.57. The van der Waals surface area contributed by atoms with Crippen LogP contribution in [0.2, 0.25) is 0 Å². The lowest BCUT2D eigenvalue weighted by Gasteiger charge is -2.21. The molecule has 0 spiro atoms. The number of H-pyrrole nitrogens is 1. The average Bonchev–Trinajstić information content (AvgIpc) is 3.21. The molecule has 0 bridgehead atoms. The minimum Gasteiger partial charge on any atom is -0.293 e. The minimum atomic E-state index is -0.369. The largest absolute Gasteiger partial charge is 0.293 e. The van der Waals surface area contributed by atoms with Gasteiger partial charge in [-0.25, -0.2) is 0 Å².